The van der Waals surface area contributed by atoms with Crippen molar-refractivity contribution in [3.63, 3.8) is 0 Å². The number of aromatic nitrogens is 3. The van der Waals surface area contributed by atoms with Gasteiger partial charge >= 0.3 is 6.01 Å². The maximum absolute atomic E-state index is 5.50. The third kappa shape index (κ3) is 3.27. The van der Waals surface area contributed by atoms with Crippen molar-refractivity contribution in [1.29, 1.82) is 0 Å². The van der Waals surface area contributed by atoms with Crippen molar-refractivity contribution >= 4 is 17.4 Å². The fraction of sp³-hybridized carbons (Fsp3) is 0.545. The Morgan fingerprint density at radius 3 is 2.94 bits per heavy atom. The zero-order valence-corrected chi connectivity index (χ0v) is 11.3. The summed E-state index contributed by atoms with van der Waals surface area (Å²) in [6, 6.07) is 0.572. The molecule has 2 aromatic rings. The van der Waals surface area contributed by atoms with Crippen molar-refractivity contribution in [3.05, 3.63) is 22.5 Å². The Hall–Kier alpha value is -1.47. The van der Waals surface area contributed by atoms with Crippen LogP contribution in [0.15, 0.2) is 16.0 Å². The van der Waals surface area contributed by atoms with E-state index in [4.69, 9.17) is 4.42 Å². The van der Waals surface area contributed by atoms with E-state index >= 15 is 0 Å². The first-order valence-corrected chi connectivity index (χ1v) is 6.90. The molecule has 0 aliphatic heterocycles. The predicted molar refractivity (Wildman–Crippen MR) is 70.4 cm³/mol. The predicted octanol–water partition coefficient (Wildman–Crippen LogP) is 2.20. The highest BCUT2D eigenvalue weighted by Crippen LogP contribution is 2.23. The second-order valence-corrected chi connectivity index (χ2v) is 4.68. The van der Waals surface area contributed by atoms with Crippen molar-refractivity contribution in [3.8, 4) is 0 Å². The van der Waals surface area contributed by atoms with Crippen molar-refractivity contribution in [1.82, 2.24) is 20.5 Å². The molecule has 0 saturated heterocycles. The van der Waals surface area contributed by atoms with Crippen molar-refractivity contribution in [2.45, 2.75) is 32.9 Å². The maximum Gasteiger partial charge on any atom is 0.316 e. The first-order valence-electron chi connectivity index (χ1n) is 6.02. The van der Waals surface area contributed by atoms with Gasteiger partial charge in [-0.15, -0.1) is 16.4 Å². The van der Waals surface area contributed by atoms with Gasteiger partial charge in [-0.05, 0) is 13.0 Å². The average Bonchev–Trinajstić information content (AvgIpc) is 3.04. The number of nitrogens with zero attached hydrogens (tertiary/aromatic N) is 3. The Morgan fingerprint density at radius 2 is 2.28 bits per heavy atom. The largest absolute Gasteiger partial charge is 0.407 e. The molecule has 0 aliphatic rings. The Balaban J connectivity index is 1.97. The zero-order chi connectivity index (χ0) is 12.8. The Bertz CT molecular complexity index is 456. The van der Waals surface area contributed by atoms with Crippen LogP contribution in [-0.4, -0.2) is 21.7 Å². The smallest absolute Gasteiger partial charge is 0.316 e. The van der Waals surface area contributed by atoms with Crippen LogP contribution in [-0.2, 0) is 6.54 Å². The summed E-state index contributed by atoms with van der Waals surface area (Å²) in [6.45, 7) is 5.60. The summed E-state index contributed by atoms with van der Waals surface area (Å²) in [6.07, 6.45) is 2.72. The van der Waals surface area contributed by atoms with Gasteiger partial charge in [0.2, 0.25) is 5.89 Å². The molecular weight excluding hydrogens is 250 g/mol. The number of nitrogens with one attached hydrogen (secondary N) is 2. The normalized spacial score (nSPS) is 12.6. The van der Waals surface area contributed by atoms with Crippen molar-refractivity contribution in [2.75, 3.05) is 11.9 Å². The molecule has 0 saturated carbocycles. The van der Waals surface area contributed by atoms with E-state index < -0.39 is 0 Å². The molecule has 98 valence electrons. The van der Waals surface area contributed by atoms with Gasteiger partial charge in [-0.25, -0.2) is 4.98 Å². The Kier molecular flexibility index (Phi) is 4.66. The number of thiazole rings is 1. The summed E-state index contributed by atoms with van der Waals surface area (Å²) in [5, 5.41) is 17.3. The van der Waals surface area contributed by atoms with Gasteiger partial charge in [0.05, 0.1) is 12.6 Å². The number of rotatable bonds is 7. The summed E-state index contributed by atoms with van der Waals surface area (Å²) < 4.78 is 5.50. The second kappa shape index (κ2) is 6.46. The standard InChI is InChI=1S/C11H17N5OS/c1-3-8(10-13-5-6-18-10)14-11-16-15-9(17-11)7-12-4-2/h5-6,8,12H,3-4,7H2,1-2H3,(H,14,16). The number of hydrogen-bond acceptors (Lipinski definition) is 7. The summed E-state index contributed by atoms with van der Waals surface area (Å²) in [5.41, 5.74) is 0. The van der Waals surface area contributed by atoms with Gasteiger partial charge < -0.3 is 15.1 Å². The summed E-state index contributed by atoms with van der Waals surface area (Å²) in [4.78, 5) is 4.29. The van der Waals surface area contributed by atoms with Crippen LogP contribution in [0, 0.1) is 0 Å². The molecule has 0 radical (unpaired) electrons. The molecule has 1 atom stereocenters. The van der Waals surface area contributed by atoms with Gasteiger partial charge in [0, 0.05) is 11.6 Å². The van der Waals surface area contributed by atoms with Crippen LogP contribution >= 0.6 is 11.3 Å². The van der Waals surface area contributed by atoms with Crippen LogP contribution in [0.1, 0.15) is 37.2 Å². The molecule has 1 unspecified atom stereocenters. The quantitative estimate of drug-likeness (QED) is 0.801. The highest BCUT2D eigenvalue weighted by atomic mass is 32.1. The van der Waals surface area contributed by atoms with Crippen LogP contribution < -0.4 is 10.6 Å². The molecule has 0 aromatic carbocycles. The Labute approximate surface area is 110 Å². The number of anilines is 1. The fourth-order valence-corrected chi connectivity index (χ4v) is 2.28. The molecular formula is C11H17N5OS. The zero-order valence-electron chi connectivity index (χ0n) is 10.5. The first-order chi connectivity index (χ1) is 8.83. The fourth-order valence-electron chi connectivity index (χ4n) is 1.51. The topological polar surface area (TPSA) is 75.9 Å². The lowest BCUT2D eigenvalue weighted by atomic mass is 10.2. The summed E-state index contributed by atoms with van der Waals surface area (Å²) in [7, 11) is 0. The van der Waals surface area contributed by atoms with E-state index in [1.54, 1.807) is 17.5 Å². The van der Waals surface area contributed by atoms with E-state index in [0.717, 1.165) is 18.0 Å². The van der Waals surface area contributed by atoms with E-state index in [2.05, 4.69) is 32.7 Å². The highest BCUT2D eigenvalue weighted by Gasteiger charge is 2.15. The SMILES string of the molecule is CCNCc1nnc(NC(CC)c2nccs2)o1. The first kappa shape index (κ1) is 13.0. The molecule has 0 bridgehead atoms. The van der Waals surface area contributed by atoms with E-state index in [1.807, 2.05) is 12.3 Å². The van der Waals surface area contributed by atoms with Gasteiger partial charge in [0.15, 0.2) is 0 Å². The lowest BCUT2D eigenvalue weighted by Crippen LogP contribution is -2.11. The van der Waals surface area contributed by atoms with Crippen LogP contribution in [0.5, 0.6) is 0 Å². The summed E-state index contributed by atoms with van der Waals surface area (Å²) >= 11 is 1.62. The Morgan fingerprint density at radius 1 is 1.39 bits per heavy atom. The second-order valence-electron chi connectivity index (χ2n) is 3.76. The van der Waals surface area contributed by atoms with E-state index in [9.17, 15) is 0 Å². The molecule has 2 heterocycles. The molecule has 0 amide bonds. The third-order valence-electron chi connectivity index (χ3n) is 2.45. The summed E-state index contributed by atoms with van der Waals surface area (Å²) in [5.74, 6) is 0.591. The monoisotopic (exact) mass is 267 g/mol. The third-order valence-corrected chi connectivity index (χ3v) is 3.34. The van der Waals surface area contributed by atoms with Gasteiger partial charge in [-0.3, -0.25) is 0 Å². The minimum Gasteiger partial charge on any atom is -0.407 e. The minimum absolute atomic E-state index is 0.123. The lowest BCUT2D eigenvalue weighted by molar-refractivity contribution is 0.476. The molecule has 0 fully saturated rings. The van der Waals surface area contributed by atoms with Crippen molar-refractivity contribution in [2.24, 2.45) is 0 Å². The molecule has 2 aromatic heterocycles. The van der Waals surface area contributed by atoms with Gasteiger partial charge in [-0.1, -0.05) is 18.9 Å². The minimum atomic E-state index is 0.123. The molecule has 7 heteroatoms. The van der Waals surface area contributed by atoms with E-state index in [0.29, 0.717) is 18.5 Å². The molecule has 6 nitrogen and oxygen atoms in total. The number of hydrogen-bond donors (Lipinski definition) is 2. The lowest BCUT2D eigenvalue weighted by Gasteiger charge is -2.11. The molecule has 0 spiro atoms. The van der Waals surface area contributed by atoms with E-state index in [1.165, 1.54) is 0 Å². The molecule has 2 rings (SSSR count). The van der Waals surface area contributed by atoms with Crippen LogP contribution in [0.25, 0.3) is 0 Å². The van der Waals surface area contributed by atoms with Crippen LogP contribution in [0.4, 0.5) is 6.01 Å². The van der Waals surface area contributed by atoms with Crippen molar-refractivity contribution < 1.29 is 4.42 Å². The van der Waals surface area contributed by atoms with Gasteiger partial charge in [-0.2, -0.15) is 0 Å². The van der Waals surface area contributed by atoms with Crippen LogP contribution in [0.2, 0.25) is 0 Å². The van der Waals surface area contributed by atoms with E-state index in [-0.39, 0.29) is 6.04 Å². The maximum atomic E-state index is 5.50. The molecule has 0 aliphatic carbocycles. The molecule has 2 N–H and O–H groups in total. The molecule has 18 heavy (non-hydrogen) atoms. The van der Waals surface area contributed by atoms with Gasteiger partial charge in [0.25, 0.3) is 0 Å². The average molecular weight is 267 g/mol. The van der Waals surface area contributed by atoms with Gasteiger partial charge in [0.1, 0.15) is 5.01 Å². The highest BCUT2D eigenvalue weighted by molar-refractivity contribution is 7.09. The van der Waals surface area contributed by atoms with Crippen LogP contribution in [0.3, 0.4) is 0 Å².